The van der Waals surface area contributed by atoms with Gasteiger partial charge in [-0.1, -0.05) is 0 Å². The van der Waals surface area contributed by atoms with Crippen LogP contribution in [0.1, 0.15) is 29.6 Å². The SMILES string of the molecule is COCCNC(=O)CNC(=O)c1ccc(N2CCCCC2)c([N+](=O)[O-])c1. The summed E-state index contributed by atoms with van der Waals surface area (Å²) in [6, 6.07) is 4.42. The molecule has 0 saturated carbocycles. The van der Waals surface area contributed by atoms with Crippen LogP contribution in [0.2, 0.25) is 0 Å². The van der Waals surface area contributed by atoms with Gasteiger partial charge in [-0.15, -0.1) is 0 Å². The number of amides is 2. The molecule has 2 N–H and O–H groups in total. The summed E-state index contributed by atoms with van der Waals surface area (Å²) < 4.78 is 4.81. The summed E-state index contributed by atoms with van der Waals surface area (Å²) in [6.45, 7) is 2.07. The summed E-state index contributed by atoms with van der Waals surface area (Å²) >= 11 is 0. The first-order valence-electron chi connectivity index (χ1n) is 8.60. The average Bonchev–Trinajstić information content (AvgIpc) is 2.66. The summed E-state index contributed by atoms with van der Waals surface area (Å²) in [5, 5.41) is 16.5. The van der Waals surface area contributed by atoms with E-state index in [2.05, 4.69) is 10.6 Å². The molecule has 1 saturated heterocycles. The van der Waals surface area contributed by atoms with Gasteiger partial charge in [0.05, 0.1) is 18.1 Å². The van der Waals surface area contributed by atoms with Gasteiger partial charge in [0.25, 0.3) is 11.6 Å². The van der Waals surface area contributed by atoms with Gasteiger partial charge in [0, 0.05) is 38.4 Å². The quantitative estimate of drug-likeness (QED) is 0.405. The van der Waals surface area contributed by atoms with Crippen LogP contribution >= 0.6 is 0 Å². The van der Waals surface area contributed by atoms with Gasteiger partial charge >= 0.3 is 0 Å². The Balaban J connectivity index is 2.02. The molecule has 0 aliphatic carbocycles. The maximum Gasteiger partial charge on any atom is 0.293 e. The van der Waals surface area contributed by atoms with Gasteiger partial charge in [-0.3, -0.25) is 19.7 Å². The number of nitro groups is 1. The van der Waals surface area contributed by atoms with Gasteiger partial charge in [-0.25, -0.2) is 0 Å². The summed E-state index contributed by atoms with van der Waals surface area (Å²) in [6.07, 6.45) is 3.12. The average molecular weight is 364 g/mol. The molecule has 9 nitrogen and oxygen atoms in total. The van der Waals surface area contributed by atoms with E-state index in [4.69, 9.17) is 4.74 Å². The number of benzene rings is 1. The van der Waals surface area contributed by atoms with Crippen molar-refractivity contribution in [1.82, 2.24) is 10.6 Å². The van der Waals surface area contributed by atoms with Crippen molar-refractivity contribution in [2.24, 2.45) is 0 Å². The van der Waals surface area contributed by atoms with Gasteiger partial charge in [0.2, 0.25) is 5.91 Å². The third kappa shape index (κ3) is 5.41. The second kappa shape index (κ2) is 9.71. The number of carbonyl (C=O) groups is 2. The van der Waals surface area contributed by atoms with E-state index in [0.29, 0.717) is 18.8 Å². The number of ether oxygens (including phenoxy) is 1. The van der Waals surface area contributed by atoms with Crippen molar-refractivity contribution < 1.29 is 19.2 Å². The Hall–Kier alpha value is -2.68. The number of methoxy groups -OCH3 is 1. The minimum atomic E-state index is -0.528. The van der Waals surface area contributed by atoms with Crippen LogP contribution < -0.4 is 15.5 Å². The van der Waals surface area contributed by atoms with E-state index in [-0.39, 0.29) is 23.7 Å². The van der Waals surface area contributed by atoms with Gasteiger partial charge in [0.15, 0.2) is 0 Å². The molecular weight excluding hydrogens is 340 g/mol. The van der Waals surface area contributed by atoms with Gasteiger partial charge in [-0.2, -0.15) is 0 Å². The predicted molar refractivity (Wildman–Crippen MR) is 96.4 cm³/mol. The molecule has 1 aromatic carbocycles. The number of hydrogen-bond acceptors (Lipinski definition) is 6. The highest BCUT2D eigenvalue weighted by Crippen LogP contribution is 2.31. The fourth-order valence-corrected chi connectivity index (χ4v) is 2.83. The minimum absolute atomic E-state index is 0.0934. The molecule has 0 radical (unpaired) electrons. The lowest BCUT2D eigenvalue weighted by atomic mass is 10.1. The molecule has 1 aliphatic heterocycles. The first-order valence-corrected chi connectivity index (χ1v) is 8.60. The van der Waals surface area contributed by atoms with Crippen LogP contribution in [0.5, 0.6) is 0 Å². The zero-order valence-corrected chi connectivity index (χ0v) is 14.8. The van der Waals surface area contributed by atoms with Crippen LogP contribution in [0.25, 0.3) is 0 Å². The van der Waals surface area contributed by atoms with Crippen LogP contribution in [0.4, 0.5) is 11.4 Å². The van der Waals surface area contributed by atoms with Gasteiger partial charge in [-0.05, 0) is 31.4 Å². The lowest BCUT2D eigenvalue weighted by Gasteiger charge is -2.28. The number of nitrogens with zero attached hydrogens (tertiary/aromatic N) is 2. The number of nitrogens with one attached hydrogen (secondary N) is 2. The molecule has 1 aromatic rings. The molecule has 2 amide bonds. The lowest BCUT2D eigenvalue weighted by molar-refractivity contribution is -0.384. The van der Waals surface area contributed by atoms with Crippen molar-refractivity contribution >= 4 is 23.2 Å². The van der Waals surface area contributed by atoms with E-state index in [9.17, 15) is 19.7 Å². The molecule has 26 heavy (non-hydrogen) atoms. The molecule has 142 valence electrons. The van der Waals surface area contributed by atoms with Crippen molar-refractivity contribution in [1.29, 1.82) is 0 Å². The third-order valence-electron chi connectivity index (χ3n) is 4.17. The molecule has 0 aromatic heterocycles. The van der Waals surface area contributed by atoms with Crippen LogP contribution in [0.15, 0.2) is 18.2 Å². The number of hydrogen-bond donors (Lipinski definition) is 2. The molecule has 0 atom stereocenters. The second-order valence-corrected chi connectivity index (χ2v) is 6.03. The van der Waals surface area contributed by atoms with E-state index < -0.39 is 10.8 Å². The summed E-state index contributed by atoms with van der Waals surface area (Å²) in [5.74, 6) is -0.880. The summed E-state index contributed by atoms with van der Waals surface area (Å²) in [4.78, 5) is 36.7. The van der Waals surface area contributed by atoms with E-state index >= 15 is 0 Å². The molecule has 9 heteroatoms. The van der Waals surface area contributed by atoms with E-state index in [1.807, 2.05) is 4.90 Å². The highest BCUT2D eigenvalue weighted by Gasteiger charge is 2.23. The second-order valence-electron chi connectivity index (χ2n) is 6.03. The molecule has 0 bridgehead atoms. The highest BCUT2D eigenvalue weighted by molar-refractivity contribution is 5.97. The highest BCUT2D eigenvalue weighted by atomic mass is 16.6. The minimum Gasteiger partial charge on any atom is -0.383 e. The Kier molecular flexibility index (Phi) is 7.34. The number of piperidine rings is 1. The van der Waals surface area contributed by atoms with E-state index in [0.717, 1.165) is 32.4 Å². The standard InChI is InChI=1S/C17H24N4O5/c1-26-10-7-18-16(22)12-19-17(23)13-5-6-14(15(11-13)21(24)25)20-8-3-2-4-9-20/h5-6,11H,2-4,7-10,12H2,1H3,(H,18,22)(H,19,23). The van der Waals surface area contributed by atoms with Crippen molar-refractivity contribution in [2.45, 2.75) is 19.3 Å². The summed E-state index contributed by atoms with van der Waals surface area (Å²) in [5.41, 5.74) is 0.592. The molecule has 1 aliphatic rings. The van der Waals surface area contributed by atoms with Crippen molar-refractivity contribution in [2.75, 3.05) is 44.8 Å². The maximum absolute atomic E-state index is 12.2. The fourth-order valence-electron chi connectivity index (χ4n) is 2.83. The van der Waals surface area contributed by atoms with Gasteiger partial charge in [0.1, 0.15) is 5.69 Å². The molecular formula is C17H24N4O5. The van der Waals surface area contributed by atoms with E-state index in [1.54, 1.807) is 12.1 Å². The molecule has 1 fully saturated rings. The molecule has 0 spiro atoms. The number of carbonyl (C=O) groups excluding carboxylic acids is 2. The summed E-state index contributed by atoms with van der Waals surface area (Å²) in [7, 11) is 1.52. The largest absolute Gasteiger partial charge is 0.383 e. The van der Waals surface area contributed by atoms with Crippen LogP contribution in [-0.2, 0) is 9.53 Å². The first-order chi connectivity index (χ1) is 12.5. The van der Waals surface area contributed by atoms with Crippen LogP contribution in [0.3, 0.4) is 0 Å². The Morgan fingerprint density at radius 3 is 2.62 bits per heavy atom. The van der Waals surface area contributed by atoms with Crippen molar-refractivity contribution in [3.05, 3.63) is 33.9 Å². The maximum atomic E-state index is 12.2. The van der Waals surface area contributed by atoms with Crippen LogP contribution in [0, 0.1) is 10.1 Å². The zero-order valence-electron chi connectivity index (χ0n) is 14.8. The van der Waals surface area contributed by atoms with Crippen molar-refractivity contribution in [3.8, 4) is 0 Å². The molecule has 1 heterocycles. The Morgan fingerprint density at radius 2 is 1.96 bits per heavy atom. The van der Waals surface area contributed by atoms with Crippen LogP contribution in [-0.4, -0.2) is 56.6 Å². The Morgan fingerprint density at radius 1 is 1.23 bits per heavy atom. The Labute approximate surface area is 151 Å². The predicted octanol–water partition coefficient (Wildman–Crippen LogP) is 1.08. The number of rotatable bonds is 8. The normalized spacial score (nSPS) is 14.0. The number of anilines is 1. The topological polar surface area (TPSA) is 114 Å². The lowest BCUT2D eigenvalue weighted by Crippen LogP contribution is -2.38. The zero-order chi connectivity index (χ0) is 18.9. The van der Waals surface area contributed by atoms with Gasteiger partial charge < -0.3 is 20.3 Å². The Bertz CT molecular complexity index is 659. The van der Waals surface area contributed by atoms with E-state index in [1.165, 1.54) is 13.2 Å². The molecule has 2 rings (SSSR count). The van der Waals surface area contributed by atoms with Crippen molar-refractivity contribution in [3.63, 3.8) is 0 Å². The monoisotopic (exact) mass is 364 g/mol. The third-order valence-corrected chi connectivity index (χ3v) is 4.17. The molecule has 0 unspecified atom stereocenters. The smallest absolute Gasteiger partial charge is 0.293 e. The fraction of sp³-hybridized carbons (Fsp3) is 0.529. The first kappa shape index (κ1) is 19.6. The number of nitro benzene ring substituents is 1.